The van der Waals surface area contributed by atoms with Crippen molar-refractivity contribution in [3.8, 4) is 10.4 Å². The molecule has 1 saturated heterocycles. The lowest BCUT2D eigenvalue weighted by molar-refractivity contribution is 0.0739. The van der Waals surface area contributed by atoms with E-state index in [4.69, 9.17) is 0 Å². The van der Waals surface area contributed by atoms with Crippen LogP contribution in [0.4, 0.5) is 10.3 Å². The lowest BCUT2D eigenvalue weighted by Crippen LogP contribution is -2.40. The summed E-state index contributed by atoms with van der Waals surface area (Å²) in [6.45, 7) is 1.20. The third-order valence-corrected chi connectivity index (χ3v) is 5.91. The maximum Gasteiger partial charge on any atom is 0.274 e. The third-order valence-electron chi connectivity index (χ3n) is 4.64. The fourth-order valence-corrected chi connectivity index (χ4v) is 4.31. The average Bonchev–Trinajstić information content (AvgIpc) is 3.37. The normalized spacial score (nSPS) is 16.4. The molecule has 9 heteroatoms. The zero-order valence-electron chi connectivity index (χ0n) is 14.8. The van der Waals surface area contributed by atoms with E-state index in [9.17, 15) is 9.18 Å². The van der Waals surface area contributed by atoms with Crippen LogP contribution in [0.5, 0.6) is 0 Å². The molecule has 1 atom stereocenters. The van der Waals surface area contributed by atoms with Crippen LogP contribution in [0.2, 0.25) is 0 Å². The Hall–Kier alpha value is -2.39. The summed E-state index contributed by atoms with van der Waals surface area (Å²) in [6, 6.07) is 6.47. The highest BCUT2D eigenvalue weighted by molar-refractivity contribution is 9.10. The van der Waals surface area contributed by atoms with E-state index in [1.54, 1.807) is 36.1 Å². The molecule has 2 aromatic heterocycles. The van der Waals surface area contributed by atoms with Crippen molar-refractivity contribution in [2.24, 2.45) is 0 Å². The lowest BCUT2D eigenvalue weighted by atomic mass is 10.1. The van der Waals surface area contributed by atoms with E-state index < -0.39 is 0 Å². The predicted octanol–water partition coefficient (Wildman–Crippen LogP) is 4.22. The van der Waals surface area contributed by atoms with Gasteiger partial charge in [0.15, 0.2) is 0 Å². The molecule has 3 aromatic rings. The first-order valence-corrected chi connectivity index (χ1v) is 10.5. The summed E-state index contributed by atoms with van der Waals surface area (Å²) in [4.78, 5) is 28.2. The highest BCUT2D eigenvalue weighted by Crippen LogP contribution is 2.32. The van der Waals surface area contributed by atoms with Gasteiger partial charge in [-0.25, -0.2) is 19.3 Å². The smallest absolute Gasteiger partial charge is 0.274 e. The number of benzene rings is 1. The summed E-state index contributed by atoms with van der Waals surface area (Å²) >= 11 is 4.58. The van der Waals surface area contributed by atoms with Crippen LogP contribution >= 0.6 is 27.3 Å². The Kier molecular flexibility index (Phi) is 5.63. The van der Waals surface area contributed by atoms with Crippen LogP contribution in [-0.4, -0.2) is 44.9 Å². The van der Waals surface area contributed by atoms with Gasteiger partial charge in [-0.2, -0.15) is 0 Å². The van der Waals surface area contributed by atoms with E-state index in [1.807, 2.05) is 4.90 Å². The number of likely N-dealkylation sites (tertiary alicyclic amines) is 1. The molecule has 0 spiro atoms. The molecule has 1 fully saturated rings. The maximum atomic E-state index is 14.2. The van der Waals surface area contributed by atoms with Crippen molar-refractivity contribution in [2.45, 2.75) is 18.9 Å². The van der Waals surface area contributed by atoms with Crippen molar-refractivity contribution in [1.82, 2.24) is 19.9 Å². The monoisotopic (exact) mass is 461 g/mol. The minimum absolute atomic E-state index is 0.00918. The van der Waals surface area contributed by atoms with Crippen molar-refractivity contribution in [3.05, 3.63) is 58.2 Å². The second-order valence-electron chi connectivity index (χ2n) is 6.41. The first kappa shape index (κ1) is 18.9. The van der Waals surface area contributed by atoms with Gasteiger partial charge in [0.1, 0.15) is 11.5 Å². The fourth-order valence-electron chi connectivity index (χ4n) is 3.30. The molecule has 1 N–H and O–H groups in total. The van der Waals surface area contributed by atoms with Crippen LogP contribution in [0.1, 0.15) is 23.3 Å². The number of carbonyl (C=O) groups is 1. The van der Waals surface area contributed by atoms with Gasteiger partial charge in [-0.05, 0) is 34.8 Å². The van der Waals surface area contributed by atoms with E-state index in [0.29, 0.717) is 35.2 Å². The van der Waals surface area contributed by atoms with Crippen molar-refractivity contribution < 1.29 is 9.18 Å². The standard InChI is InChI=1S/C19H17BrFN5OS/c20-12-8-22-19(23-9-12)24-10-13-4-3-7-26(13)18(27)16-17(28-11-25-16)14-5-1-2-6-15(14)21/h1-2,5-6,8-9,11,13H,3-4,7,10H2,(H,22,23,24). The number of carbonyl (C=O) groups excluding carboxylic acids is 1. The second kappa shape index (κ2) is 8.32. The topological polar surface area (TPSA) is 71.0 Å². The van der Waals surface area contributed by atoms with Crippen molar-refractivity contribution in [2.75, 3.05) is 18.4 Å². The van der Waals surface area contributed by atoms with Crippen LogP contribution in [0.3, 0.4) is 0 Å². The van der Waals surface area contributed by atoms with Crippen LogP contribution in [0, 0.1) is 5.82 Å². The number of anilines is 1. The summed E-state index contributed by atoms with van der Waals surface area (Å²) in [6.07, 6.45) is 5.14. The third kappa shape index (κ3) is 3.90. The van der Waals surface area contributed by atoms with Gasteiger partial charge in [0, 0.05) is 37.1 Å². The van der Waals surface area contributed by atoms with E-state index in [1.165, 1.54) is 17.4 Å². The fraction of sp³-hybridized carbons (Fsp3) is 0.263. The second-order valence-corrected chi connectivity index (χ2v) is 8.18. The van der Waals surface area contributed by atoms with Gasteiger partial charge in [-0.15, -0.1) is 11.3 Å². The number of halogens is 2. The number of nitrogens with one attached hydrogen (secondary N) is 1. The Balaban J connectivity index is 1.51. The number of thiazole rings is 1. The maximum absolute atomic E-state index is 14.2. The molecule has 1 unspecified atom stereocenters. The number of hydrogen-bond acceptors (Lipinski definition) is 6. The molecule has 4 rings (SSSR count). The molecule has 6 nitrogen and oxygen atoms in total. The Labute approximate surface area is 174 Å². The Morgan fingerprint density at radius 3 is 2.86 bits per heavy atom. The van der Waals surface area contributed by atoms with E-state index >= 15 is 0 Å². The zero-order chi connectivity index (χ0) is 19.5. The highest BCUT2D eigenvalue weighted by Gasteiger charge is 2.32. The minimum atomic E-state index is -0.354. The van der Waals surface area contributed by atoms with Crippen LogP contribution in [-0.2, 0) is 0 Å². The Bertz CT molecular complexity index is 980. The van der Waals surface area contributed by atoms with Gasteiger partial charge in [-0.3, -0.25) is 4.79 Å². The number of aromatic nitrogens is 3. The van der Waals surface area contributed by atoms with Crippen LogP contribution in [0.25, 0.3) is 10.4 Å². The Morgan fingerprint density at radius 2 is 2.07 bits per heavy atom. The zero-order valence-corrected chi connectivity index (χ0v) is 17.2. The molecule has 1 aliphatic rings. The SMILES string of the molecule is O=C(c1ncsc1-c1ccccc1F)N1CCCC1CNc1ncc(Br)cn1. The predicted molar refractivity (Wildman–Crippen MR) is 110 cm³/mol. The van der Waals surface area contributed by atoms with Crippen molar-refractivity contribution in [3.63, 3.8) is 0 Å². The van der Waals surface area contributed by atoms with Gasteiger partial charge in [0.25, 0.3) is 5.91 Å². The summed E-state index contributed by atoms with van der Waals surface area (Å²) in [5.41, 5.74) is 2.31. The van der Waals surface area contributed by atoms with E-state index in [-0.39, 0.29) is 17.8 Å². The van der Waals surface area contributed by atoms with Crippen LogP contribution < -0.4 is 5.32 Å². The molecule has 0 saturated carbocycles. The minimum Gasteiger partial charge on any atom is -0.352 e. The highest BCUT2D eigenvalue weighted by atomic mass is 79.9. The van der Waals surface area contributed by atoms with Gasteiger partial charge in [0.2, 0.25) is 5.95 Å². The molecule has 1 amide bonds. The summed E-state index contributed by atoms with van der Waals surface area (Å²) in [7, 11) is 0. The van der Waals surface area contributed by atoms with Gasteiger partial charge >= 0.3 is 0 Å². The summed E-state index contributed by atoms with van der Waals surface area (Å²) < 4.78 is 15.0. The van der Waals surface area contributed by atoms with E-state index in [0.717, 1.165) is 17.3 Å². The molecular formula is C19H17BrFN5OS. The number of nitrogens with zero attached hydrogens (tertiary/aromatic N) is 4. The molecule has 0 aliphatic carbocycles. The summed E-state index contributed by atoms with van der Waals surface area (Å²) in [5.74, 6) is -0.00319. The molecule has 0 bridgehead atoms. The molecule has 1 aliphatic heterocycles. The van der Waals surface area contributed by atoms with Gasteiger partial charge in [-0.1, -0.05) is 18.2 Å². The molecule has 0 radical (unpaired) electrons. The number of hydrogen-bond donors (Lipinski definition) is 1. The number of amides is 1. The first-order chi connectivity index (χ1) is 13.6. The average molecular weight is 462 g/mol. The van der Waals surface area contributed by atoms with Crippen molar-refractivity contribution in [1.29, 1.82) is 0 Å². The molecule has 3 heterocycles. The summed E-state index contributed by atoms with van der Waals surface area (Å²) in [5, 5.41) is 3.18. The molecule has 144 valence electrons. The largest absolute Gasteiger partial charge is 0.352 e. The van der Waals surface area contributed by atoms with Gasteiger partial charge < -0.3 is 10.2 Å². The van der Waals surface area contributed by atoms with E-state index in [2.05, 4.69) is 36.2 Å². The molecule has 1 aromatic carbocycles. The van der Waals surface area contributed by atoms with Gasteiger partial charge in [0.05, 0.1) is 14.9 Å². The van der Waals surface area contributed by atoms with Crippen molar-refractivity contribution >= 4 is 39.1 Å². The lowest BCUT2D eigenvalue weighted by Gasteiger charge is -2.24. The van der Waals surface area contributed by atoms with Crippen LogP contribution in [0.15, 0.2) is 46.6 Å². The quantitative estimate of drug-likeness (QED) is 0.615. The molecular weight excluding hydrogens is 445 g/mol. The molecule has 28 heavy (non-hydrogen) atoms. The number of rotatable bonds is 5. The Morgan fingerprint density at radius 1 is 1.29 bits per heavy atom. The first-order valence-electron chi connectivity index (χ1n) is 8.84.